The first-order chi connectivity index (χ1) is 46.9. The van der Waals surface area contributed by atoms with E-state index in [4.69, 9.17) is 19.2 Å². The van der Waals surface area contributed by atoms with Gasteiger partial charge < -0.3 is 91.7 Å². The van der Waals surface area contributed by atoms with Gasteiger partial charge in [-0.25, -0.2) is 53.8 Å². The third-order valence-corrected chi connectivity index (χ3v) is 17.0. The van der Waals surface area contributed by atoms with Crippen LogP contribution in [0, 0.1) is 0 Å². The van der Waals surface area contributed by atoms with Crippen molar-refractivity contribution in [1.29, 1.82) is 0 Å². The van der Waals surface area contributed by atoms with Crippen LogP contribution in [0.1, 0.15) is 41.5 Å². The zero-order valence-corrected chi connectivity index (χ0v) is 56.9. The number of aliphatic hydroxyl groups is 4. The minimum Gasteiger partial charge on any atom is -0.508 e. The van der Waals surface area contributed by atoms with Crippen LogP contribution in [0.4, 0.5) is 64.6 Å². The van der Waals surface area contributed by atoms with E-state index in [1.54, 1.807) is 24.3 Å². The van der Waals surface area contributed by atoms with E-state index < -0.39 is 63.6 Å². The number of rotatable bonds is 39. The summed E-state index contributed by atoms with van der Waals surface area (Å²) < 4.78 is 108. The molecule has 99 heavy (non-hydrogen) atoms. The number of carbonyl (C=O) groups excluding carboxylic acids is 2. The fourth-order valence-corrected chi connectivity index (χ4v) is 9.54. The first-order valence-corrected chi connectivity index (χ1v) is 35.6. The number of anilines is 11. The number of aliphatic hydroxyl groups excluding tert-OH is 4. The Morgan fingerprint density at radius 1 is 0.455 bits per heavy atom. The van der Waals surface area contributed by atoms with E-state index in [9.17, 15) is 83.8 Å². The van der Waals surface area contributed by atoms with Gasteiger partial charge in [0.15, 0.2) is 0 Å². The molecule has 0 saturated heterocycles. The molecule has 3 aromatic carbocycles. The van der Waals surface area contributed by atoms with Crippen LogP contribution in [0.2, 0.25) is 0 Å². The van der Waals surface area contributed by atoms with Crippen LogP contribution in [0.25, 0.3) is 0 Å². The van der Waals surface area contributed by atoms with Crippen LogP contribution in [0.5, 0.6) is 11.5 Å². The molecule has 42 nitrogen and oxygen atoms in total. The van der Waals surface area contributed by atoms with Gasteiger partial charge in [0.1, 0.15) is 25.1 Å². The summed E-state index contributed by atoms with van der Waals surface area (Å²) in [6.45, 7) is 8.19. The summed E-state index contributed by atoms with van der Waals surface area (Å²) in [6, 6.07) is 15.6. The Morgan fingerprint density at radius 2 is 0.808 bits per heavy atom. The Bertz CT molecular complexity index is 3970. The average Bonchev–Trinajstić information content (AvgIpc) is 0.838. The minimum atomic E-state index is -4.20. The molecule has 0 spiro atoms. The second-order valence-corrected chi connectivity index (χ2v) is 27.0. The third kappa shape index (κ3) is 33.4. The Hall–Kier alpha value is -9.75. The van der Waals surface area contributed by atoms with Crippen molar-refractivity contribution in [2.75, 3.05) is 163 Å². The second-order valence-electron chi connectivity index (χ2n) is 19.1. The fraction of sp³-hybridized carbons (Fsp3) is 0.415. The summed E-state index contributed by atoms with van der Waals surface area (Å²) in [7, 11) is -14.4. The molecule has 0 aliphatic carbocycles. The number of nitrogens with zero attached hydrogens (tertiary/aromatic N) is 11. The van der Waals surface area contributed by atoms with Crippen molar-refractivity contribution in [3.63, 3.8) is 0 Å². The molecule has 0 bridgehead atoms. The molecule has 6 aromatic rings. The number of aromatic carboxylic acids is 2. The fourth-order valence-electron chi connectivity index (χ4n) is 7.36. The molecule has 3 heterocycles. The third-order valence-electron chi connectivity index (χ3n) is 12.1. The molecular formula is C53H80N20O22S4. The molecule has 0 amide bonds. The Balaban J connectivity index is 0.000000496. The molecule has 548 valence electrons. The number of carboxylic acid groups (broad SMARTS) is 2. The molecule has 3 aromatic heterocycles. The SMILES string of the molecule is C=O.C=O.CCS(=O)(=O)NCCN(CCO)c1nc(NCCO)nc(Nc2cc(C(=O)O)cc(C(=O)O)c2)n1.CCS(=O)(=O)NCCN(CCO)c1nc(NCCS(=O)(=O)O)nc(Nc2ccc(O)cc2)n1.CCS(=O)(=O)NCCN(CCO)c1nc(Nc2ccc(O)cc2)[nH]c(=O)n1. The van der Waals surface area contributed by atoms with E-state index in [1.807, 2.05) is 13.6 Å². The highest BCUT2D eigenvalue weighted by molar-refractivity contribution is 7.90. The number of phenols is 2. The number of aromatic hydroxyl groups is 2. The summed E-state index contributed by atoms with van der Waals surface area (Å²) in [4.78, 5) is 90.8. The van der Waals surface area contributed by atoms with Crippen LogP contribution in [0.3, 0.4) is 0 Å². The summed E-state index contributed by atoms with van der Waals surface area (Å²) >= 11 is 0. The van der Waals surface area contributed by atoms with E-state index >= 15 is 0 Å². The van der Waals surface area contributed by atoms with Crippen molar-refractivity contribution < 1.29 is 98.3 Å². The van der Waals surface area contributed by atoms with Crippen molar-refractivity contribution in [3.05, 3.63) is 88.3 Å². The van der Waals surface area contributed by atoms with E-state index in [0.29, 0.717) is 11.4 Å². The molecule has 0 saturated carbocycles. The van der Waals surface area contributed by atoms with Gasteiger partial charge in [-0.15, -0.1) is 0 Å². The maximum atomic E-state index is 11.9. The van der Waals surface area contributed by atoms with E-state index in [2.05, 4.69) is 85.6 Å². The highest BCUT2D eigenvalue weighted by Crippen LogP contribution is 2.24. The van der Waals surface area contributed by atoms with Gasteiger partial charge in [-0.1, -0.05) is 0 Å². The van der Waals surface area contributed by atoms with Crippen molar-refractivity contribution in [2.24, 2.45) is 0 Å². The maximum absolute atomic E-state index is 11.9. The lowest BCUT2D eigenvalue weighted by molar-refractivity contribution is -0.0987. The highest BCUT2D eigenvalue weighted by Gasteiger charge is 2.20. The molecule has 0 unspecified atom stereocenters. The molecule has 0 fully saturated rings. The van der Waals surface area contributed by atoms with Gasteiger partial charge in [-0.2, -0.15) is 48.3 Å². The number of aromatic nitrogens is 9. The smallest absolute Gasteiger partial charge is 0.351 e. The number of nitrogens with one attached hydrogen (secondary N) is 9. The Kier molecular flexibility index (Phi) is 37.5. The first-order valence-electron chi connectivity index (χ1n) is 29.0. The number of hydrogen-bond donors (Lipinski definition) is 18. The van der Waals surface area contributed by atoms with E-state index in [1.165, 1.54) is 71.9 Å². The first kappa shape index (κ1) is 85.3. The molecule has 6 rings (SSSR count). The van der Waals surface area contributed by atoms with Gasteiger partial charge in [0.05, 0.1) is 60.6 Å². The molecule has 0 radical (unpaired) electrons. The number of phenolic OH excluding ortho intramolecular Hbond substituents is 2. The van der Waals surface area contributed by atoms with E-state index in [-0.39, 0.29) is 192 Å². The highest BCUT2D eigenvalue weighted by atomic mass is 32.2. The standard InChI is InChI=1S/C19H27N7O8S.C17H27N7O7S2.C15H22N6O5S.2CH2O/c1-2-35(33,34)21-3-5-26(6-8-28)19-24-17(20-4-7-27)23-18(25-19)22-14-10-12(15(29)30)9-13(11-14)16(31)32;1-2-32(27,28)19-7-9-24(10-11-25)17-22-15(18-8-12-33(29,30)31)21-16(23-17)20-13-3-5-14(26)6-4-13;1-2-27(25,26)16-7-8-21(9-10-22)14-18-13(19-15(24)20-14)17-11-3-5-12(23)6-4-11;2*1-2/h9-11,21,27-28H,2-8H2,1H3,(H,29,30)(H,31,32)(H2,20,22,23,24,25);3-6,19,25-26H,2,7-12H2,1H3,(H,29,30,31)(H2,18,20,21,22,23);3-6,16,22-23H,2,7-10H2,1H3,(H2,17,18,19,20,24);2*1H2. The summed E-state index contributed by atoms with van der Waals surface area (Å²) in [5.74, 6) is -3.03. The largest absolute Gasteiger partial charge is 0.508 e. The minimum absolute atomic E-state index is 0.00660. The number of carbonyl (C=O) groups is 4. The van der Waals surface area contributed by atoms with Crippen molar-refractivity contribution in [1.82, 2.24) is 59.0 Å². The molecule has 46 heteroatoms. The van der Waals surface area contributed by atoms with E-state index in [0.717, 1.165) is 6.07 Å². The zero-order valence-electron chi connectivity index (χ0n) is 53.6. The summed E-state index contributed by atoms with van der Waals surface area (Å²) in [5.41, 5.74) is 0.00180. The van der Waals surface area contributed by atoms with Crippen LogP contribution >= 0.6 is 0 Å². The quantitative estimate of drug-likeness (QED) is 0.0140. The van der Waals surface area contributed by atoms with Crippen molar-refractivity contribution >= 4 is 130 Å². The van der Waals surface area contributed by atoms with Gasteiger partial charge >= 0.3 is 17.6 Å². The molecule has 18 N–H and O–H groups in total. The van der Waals surface area contributed by atoms with Crippen LogP contribution in [-0.2, 0) is 49.8 Å². The van der Waals surface area contributed by atoms with Gasteiger partial charge in [0, 0.05) is 89.1 Å². The predicted molar refractivity (Wildman–Crippen MR) is 364 cm³/mol. The van der Waals surface area contributed by atoms with Gasteiger partial charge in [0.25, 0.3) is 10.1 Å². The summed E-state index contributed by atoms with van der Waals surface area (Å²) in [6.07, 6.45) is 0. The molecular weight excluding hydrogens is 1400 g/mol. The lowest BCUT2D eigenvalue weighted by Gasteiger charge is -2.22. The van der Waals surface area contributed by atoms with Crippen LogP contribution in [-0.4, -0.2) is 271 Å². The van der Waals surface area contributed by atoms with Crippen LogP contribution in [0.15, 0.2) is 71.5 Å². The monoisotopic (exact) mass is 1480 g/mol. The van der Waals surface area contributed by atoms with Crippen LogP contribution < -0.4 is 61.1 Å². The predicted octanol–water partition coefficient (Wildman–Crippen LogP) is -2.51. The number of hydrogen-bond acceptors (Lipinski definition) is 35. The zero-order chi connectivity index (χ0) is 74.4. The van der Waals surface area contributed by atoms with Crippen molar-refractivity contribution in [3.8, 4) is 11.5 Å². The van der Waals surface area contributed by atoms with Crippen molar-refractivity contribution in [2.45, 2.75) is 20.8 Å². The second kappa shape index (κ2) is 43.5. The normalized spacial score (nSPS) is 11.1. The maximum Gasteiger partial charge on any atom is 0.351 e. The number of aromatic amines is 1. The van der Waals surface area contributed by atoms with Gasteiger partial charge in [-0.3, -0.25) is 9.54 Å². The number of carboxylic acids is 2. The van der Waals surface area contributed by atoms with Gasteiger partial charge in [0.2, 0.25) is 77.7 Å². The Morgan fingerprint density at radius 3 is 1.16 bits per heavy atom. The number of sulfonamides is 3. The van der Waals surface area contributed by atoms with Gasteiger partial charge in [-0.05, 0) is 87.5 Å². The Labute approximate surface area is 568 Å². The lowest BCUT2D eigenvalue weighted by Crippen LogP contribution is -2.38. The molecule has 0 aliphatic rings. The topological polar surface area (TPSA) is 629 Å². The average molecular weight is 1480 g/mol. The summed E-state index contributed by atoms with van der Waals surface area (Å²) in [5, 5.41) is 88.5. The molecule has 0 atom stereocenters. The molecule has 0 aliphatic heterocycles. The number of H-pyrrole nitrogens is 1. The lowest BCUT2D eigenvalue weighted by atomic mass is 10.1. The number of benzene rings is 3.